The van der Waals surface area contributed by atoms with Crippen LogP contribution in [0.15, 0.2) is 29.5 Å². The number of hydrogen-bond acceptors (Lipinski definition) is 4. The number of pyridine rings is 1. The molecule has 28 heavy (non-hydrogen) atoms. The second-order valence-corrected chi connectivity index (χ2v) is 7.74. The number of nitrogens with one attached hydrogen (secondary N) is 1. The van der Waals surface area contributed by atoms with Crippen LogP contribution < -0.4 is 5.32 Å². The number of methoxy groups -OCH3 is 1. The van der Waals surface area contributed by atoms with Crippen molar-refractivity contribution in [3.05, 3.63) is 30.1 Å². The third kappa shape index (κ3) is 7.40. The molecule has 0 aliphatic carbocycles. The number of nitrogens with zero attached hydrogens (tertiary/aromatic N) is 3. The normalized spacial score (nSPS) is 17.2. The average Bonchev–Trinajstić information content (AvgIpc) is 2.72. The summed E-state index contributed by atoms with van der Waals surface area (Å²) >= 11 is 0. The Balaban J connectivity index is 1.91. The average molecular weight is 391 g/mol. The lowest BCUT2D eigenvalue weighted by Crippen LogP contribution is -2.47. The zero-order valence-electron chi connectivity index (χ0n) is 18.1. The van der Waals surface area contributed by atoms with Crippen molar-refractivity contribution in [2.45, 2.75) is 52.1 Å². The molecule has 1 N–H and O–H groups in total. The van der Waals surface area contributed by atoms with Crippen molar-refractivity contribution in [2.24, 2.45) is 10.9 Å². The summed E-state index contributed by atoms with van der Waals surface area (Å²) in [6.07, 6.45) is 7.22. The van der Waals surface area contributed by atoms with Gasteiger partial charge < -0.3 is 19.7 Å². The van der Waals surface area contributed by atoms with Gasteiger partial charge in [0.25, 0.3) is 0 Å². The standard InChI is InChI=1S/C22H38N4O2/c1-5-24-22(25-17-21(18(2)3)19-8-6-11-23-16-19)26-12-9-20(10-13-26)28-15-7-14-27-4/h6,8,11,16,18,20-21H,5,7,9-10,12-15,17H2,1-4H3,(H,24,25). The van der Waals surface area contributed by atoms with E-state index in [9.17, 15) is 0 Å². The van der Waals surface area contributed by atoms with E-state index in [1.54, 1.807) is 7.11 Å². The van der Waals surface area contributed by atoms with Gasteiger partial charge in [0.2, 0.25) is 0 Å². The summed E-state index contributed by atoms with van der Waals surface area (Å²) in [4.78, 5) is 11.7. The van der Waals surface area contributed by atoms with Crippen LogP contribution in [0.1, 0.15) is 51.5 Å². The van der Waals surface area contributed by atoms with Gasteiger partial charge in [-0.15, -0.1) is 0 Å². The Morgan fingerprint density at radius 2 is 2.11 bits per heavy atom. The number of aliphatic imine (C=N–C) groups is 1. The zero-order valence-corrected chi connectivity index (χ0v) is 18.1. The number of ether oxygens (including phenoxy) is 2. The topological polar surface area (TPSA) is 59.0 Å². The highest BCUT2D eigenvalue weighted by Crippen LogP contribution is 2.24. The molecule has 6 heteroatoms. The number of likely N-dealkylation sites (tertiary alicyclic amines) is 1. The minimum atomic E-state index is 0.356. The fourth-order valence-corrected chi connectivity index (χ4v) is 3.59. The predicted molar refractivity (Wildman–Crippen MR) is 115 cm³/mol. The van der Waals surface area contributed by atoms with E-state index in [0.29, 0.717) is 17.9 Å². The summed E-state index contributed by atoms with van der Waals surface area (Å²) in [5.74, 6) is 1.92. The Morgan fingerprint density at radius 3 is 2.71 bits per heavy atom. The Hall–Kier alpha value is -1.66. The molecule has 6 nitrogen and oxygen atoms in total. The van der Waals surface area contributed by atoms with Crippen LogP contribution in [-0.2, 0) is 9.47 Å². The van der Waals surface area contributed by atoms with Crippen LogP contribution >= 0.6 is 0 Å². The molecule has 158 valence electrons. The first-order valence-corrected chi connectivity index (χ1v) is 10.7. The van der Waals surface area contributed by atoms with Crippen molar-refractivity contribution in [2.75, 3.05) is 46.5 Å². The molecule has 1 aliphatic heterocycles. The second kappa shape index (κ2) is 12.7. The maximum absolute atomic E-state index is 5.99. The monoisotopic (exact) mass is 390 g/mol. The van der Waals surface area contributed by atoms with Crippen molar-refractivity contribution in [3.8, 4) is 0 Å². The molecule has 1 aromatic rings. The van der Waals surface area contributed by atoms with E-state index in [0.717, 1.165) is 64.6 Å². The van der Waals surface area contributed by atoms with E-state index in [2.05, 4.69) is 42.0 Å². The molecule has 0 aromatic carbocycles. The van der Waals surface area contributed by atoms with E-state index in [1.807, 2.05) is 18.5 Å². The van der Waals surface area contributed by atoms with Gasteiger partial charge in [0.05, 0.1) is 6.10 Å². The largest absolute Gasteiger partial charge is 0.385 e. The van der Waals surface area contributed by atoms with Crippen LogP contribution in [0.4, 0.5) is 0 Å². The predicted octanol–water partition coefficient (Wildman–Crippen LogP) is 3.30. The van der Waals surface area contributed by atoms with Crippen LogP contribution in [0.5, 0.6) is 0 Å². The number of hydrogen-bond donors (Lipinski definition) is 1. The van der Waals surface area contributed by atoms with E-state index in [4.69, 9.17) is 14.5 Å². The number of aromatic nitrogens is 1. The highest BCUT2D eigenvalue weighted by molar-refractivity contribution is 5.80. The fraction of sp³-hybridized carbons (Fsp3) is 0.727. The summed E-state index contributed by atoms with van der Waals surface area (Å²) in [5.41, 5.74) is 1.26. The summed E-state index contributed by atoms with van der Waals surface area (Å²) in [6.45, 7) is 11.8. The van der Waals surface area contributed by atoms with E-state index < -0.39 is 0 Å². The number of guanidine groups is 1. The maximum atomic E-state index is 5.99. The molecule has 1 saturated heterocycles. The number of piperidine rings is 1. The van der Waals surface area contributed by atoms with E-state index in [1.165, 1.54) is 5.56 Å². The molecule has 0 bridgehead atoms. The summed E-state index contributed by atoms with van der Waals surface area (Å²) in [6, 6.07) is 4.17. The molecule has 0 saturated carbocycles. The van der Waals surface area contributed by atoms with Crippen molar-refractivity contribution in [1.29, 1.82) is 0 Å². The van der Waals surface area contributed by atoms with Crippen molar-refractivity contribution in [3.63, 3.8) is 0 Å². The lowest BCUT2D eigenvalue weighted by atomic mass is 9.89. The Bertz CT molecular complexity index is 557. The molecule has 2 heterocycles. The van der Waals surface area contributed by atoms with Crippen molar-refractivity contribution >= 4 is 5.96 Å². The molecule has 1 fully saturated rings. The Labute approximate surface area is 170 Å². The van der Waals surface area contributed by atoms with Gasteiger partial charge in [0, 0.05) is 64.8 Å². The van der Waals surface area contributed by atoms with Gasteiger partial charge in [-0.05, 0) is 43.7 Å². The smallest absolute Gasteiger partial charge is 0.193 e. The lowest BCUT2D eigenvalue weighted by molar-refractivity contribution is 0.00990. The molecule has 1 atom stereocenters. The summed E-state index contributed by atoms with van der Waals surface area (Å²) in [7, 11) is 1.73. The molecule has 0 spiro atoms. The summed E-state index contributed by atoms with van der Waals surface area (Å²) in [5, 5.41) is 3.48. The minimum Gasteiger partial charge on any atom is -0.385 e. The SMILES string of the molecule is CCNC(=NCC(c1cccnc1)C(C)C)N1CCC(OCCCOC)CC1. The third-order valence-corrected chi connectivity index (χ3v) is 5.28. The molecule has 1 aromatic heterocycles. The number of rotatable bonds is 10. The minimum absolute atomic E-state index is 0.356. The van der Waals surface area contributed by atoms with Gasteiger partial charge in [0.1, 0.15) is 0 Å². The van der Waals surface area contributed by atoms with Gasteiger partial charge in [-0.3, -0.25) is 9.98 Å². The van der Waals surface area contributed by atoms with Gasteiger partial charge in [-0.2, -0.15) is 0 Å². The first kappa shape index (κ1) is 22.6. The van der Waals surface area contributed by atoms with Crippen LogP contribution in [0.25, 0.3) is 0 Å². The van der Waals surface area contributed by atoms with Gasteiger partial charge in [-0.25, -0.2) is 0 Å². The first-order valence-electron chi connectivity index (χ1n) is 10.7. The highest BCUT2D eigenvalue weighted by Gasteiger charge is 2.23. The Kier molecular flexibility index (Phi) is 10.3. The first-order chi connectivity index (χ1) is 13.7. The molecule has 1 unspecified atom stereocenters. The molecule has 1 aliphatic rings. The third-order valence-electron chi connectivity index (χ3n) is 5.28. The fourth-order valence-electron chi connectivity index (χ4n) is 3.59. The van der Waals surface area contributed by atoms with Crippen LogP contribution in [0, 0.1) is 5.92 Å². The molecule has 0 amide bonds. The second-order valence-electron chi connectivity index (χ2n) is 7.74. The molecular formula is C22H38N4O2. The van der Waals surface area contributed by atoms with E-state index >= 15 is 0 Å². The lowest BCUT2D eigenvalue weighted by Gasteiger charge is -2.34. The molecule has 2 rings (SSSR count). The van der Waals surface area contributed by atoms with E-state index in [-0.39, 0.29) is 0 Å². The summed E-state index contributed by atoms with van der Waals surface area (Å²) < 4.78 is 11.1. The van der Waals surface area contributed by atoms with Gasteiger partial charge in [-0.1, -0.05) is 19.9 Å². The highest BCUT2D eigenvalue weighted by atomic mass is 16.5. The van der Waals surface area contributed by atoms with Crippen molar-refractivity contribution < 1.29 is 9.47 Å². The molecular weight excluding hydrogens is 352 g/mol. The van der Waals surface area contributed by atoms with Crippen molar-refractivity contribution in [1.82, 2.24) is 15.2 Å². The Morgan fingerprint density at radius 1 is 1.32 bits per heavy atom. The van der Waals surface area contributed by atoms with Crippen LogP contribution in [0.3, 0.4) is 0 Å². The molecule has 0 radical (unpaired) electrons. The maximum Gasteiger partial charge on any atom is 0.193 e. The van der Waals surface area contributed by atoms with Crippen LogP contribution in [0.2, 0.25) is 0 Å². The van der Waals surface area contributed by atoms with Gasteiger partial charge >= 0.3 is 0 Å². The quantitative estimate of drug-likeness (QED) is 0.377. The zero-order chi connectivity index (χ0) is 20.2. The van der Waals surface area contributed by atoms with Crippen LogP contribution in [-0.4, -0.2) is 68.4 Å². The van der Waals surface area contributed by atoms with Gasteiger partial charge in [0.15, 0.2) is 5.96 Å².